The minimum Gasteiger partial charge on any atom is -0.494 e. The highest BCUT2D eigenvalue weighted by atomic mass is 32.1. The van der Waals surface area contributed by atoms with E-state index in [0.29, 0.717) is 11.4 Å². The number of aromatic nitrogens is 1. The number of nitrogens with one attached hydrogen (secondary N) is 1. The van der Waals surface area contributed by atoms with E-state index in [1.54, 1.807) is 19.9 Å². The number of nitrogens with zero attached hydrogens (tertiary/aromatic N) is 1. The van der Waals surface area contributed by atoms with Crippen molar-refractivity contribution in [1.29, 1.82) is 0 Å². The fourth-order valence-electron chi connectivity index (χ4n) is 2.44. The lowest BCUT2D eigenvalue weighted by Crippen LogP contribution is -2.25. The van der Waals surface area contributed by atoms with E-state index in [4.69, 9.17) is 9.84 Å². The molecule has 0 saturated heterocycles. The van der Waals surface area contributed by atoms with Crippen LogP contribution in [-0.2, 0) is 9.59 Å². The number of carbonyl (C=O) groups is 2. The van der Waals surface area contributed by atoms with Gasteiger partial charge < -0.3 is 15.2 Å². The number of methoxy groups -OCH3 is 1. The molecule has 124 valence electrons. The summed E-state index contributed by atoms with van der Waals surface area (Å²) in [6.45, 7) is 5.44. The van der Waals surface area contributed by atoms with Crippen LogP contribution in [0.4, 0.5) is 5.69 Å². The maximum atomic E-state index is 12.2. The van der Waals surface area contributed by atoms with E-state index in [-0.39, 0.29) is 18.7 Å². The van der Waals surface area contributed by atoms with Gasteiger partial charge in [-0.05, 0) is 18.4 Å². The number of rotatable bonds is 6. The molecule has 0 bridgehead atoms. The van der Waals surface area contributed by atoms with Crippen LogP contribution in [0.3, 0.4) is 0 Å². The van der Waals surface area contributed by atoms with Crippen molar-refractivity contribution in [3.8, 4) is 5.75 Å². The van der Waals surface area contributed by atoms with E-state index in [1.807, 2.05) is 13.0 Å². The fraction of sp³-hybridized carbons (Fsp3) is 0.438. The molecule has 2 aromatic rings. The van der Waals surface area contributed by atoms with Gasteiger partial charge in [-0.3, -0.25) is 9.59 Å². The zero-order chi connectivity index (χ0) is 17.2. The molecule has 0 unspecified atom stereocenters. The largest absolute Gasteiger partial charge is 0.494 e. The van der Waals surface area contributed by atoms with Crippen molar-refractivity contribution in [2.75, 3.05) is 12.4 Å². The number of aliphatic carboxylic acids is 1. The maximum absolute atomic E-state index is 12.2. The number of fused-ring (bicyclic) bond motifs is 1. The first kappa shape index (κ1) is 17.2. The Bertz CT molecular complexity index is 752. The molecule has 6 nitrogen and oxygen atoms in total. The molecule has 0 saturated carbocycles. The highest BCUT2D eigenvalue weighted by Crippen LogP contribution is 2.34. The molecule has 2 rings (SSSR count). The van der Waals surface area contributed by atoms with Gasteiger partial charge in [-0.25, -0.2) is 4.98 Å². The normalized spacial score (nSPS) is 11.5. The molecule has 23 heavy (non-hydrogen) atoms. The molecule has 0 radical (unpaired) electrons. The van der Waals surface area contributed by atoms with E-state index in [1.165, 1.54) is 18.4 Å². The van der Waals surface area contributed by atoms with Crippen molar-refractivity contribution < 1.29 is 19.4 Å². The molecule has 0 aliphatic rings. The quantitative estimate of drug-likeness (QED) is 0.843. The first-order chi connectivity index (χ1) is 10.7. The number of carbonyl (C=O) groups excluding carboxylic acids is 1. The topological polar surface area (TPSA) is 88.5 Å². The van der Waals surface area contributed by atoms with Gasteiger partial charge in [0.25, 0.3) is 0 Å². The highest BCUT2D eigenvalue weighted by Gasteiger charge is 2.25. The van der Waals surface area contributed by atoms with Crippen LogP contribution in [-0.4, -0.2) is 29.1 Å². The molecule has 0 fully saturated rings. The van der Waals surface area contributed by atoms with Crippen LogP contribution in [0.5, 0.6) is 5.75 Å². The van der Waals surface area contributed by atoms with Gasteiger partial charge in [-0.2, -0.15) is 0 Å². The molecular weight excluding hydrogens is 316 g/mol. The summed E-state index contributed by atoms with van der Waals surface area (Å²) in [6, 6.07) is 3.62. The van der Waals surface area contributed by atoms with Crippen LogP contribution in [0.25, 0.3) is 10.2 Å². The van der Waals surface area contributed by atoms with Crippen molar-refractivity contribution in [3.63, 3.8) is 0 Å². The summed E-state index contributed by atoms with van der Waals surface area (Å²) in [7, 11) is 1.53. The zero-order valence-corrected chi connectivity index (χ0v) is 14.4. The maximum Gasteiger partial charge on any atom is 0.303 e. The number of amides is 1. The molecule has 1 amide bonds. The van der Waals surface area contributed by atoms with Crippen molar-refractivity contribution >= 4 is 39.1 Å². The van der Waals surface area contributed by atoms with Gasteiger partial charge in [-0.15, -0.1) is 11.3 Å². The molecular formula is C16H20N2O4S. The summed E-state index contributed by atoms with van der Waals surface area (Å²) in [6.07, 6.45) is 0.0485. The molecule has 2 N–H and O–H groups in total. The molecule has 7 heteroatoms. The number of carboxylic acid groups (broad SMARTS) is 1. The van der Waals surface area contributed by atoms with E-state index in [2.05, 4.69) is 10.3 Å². The van der Waals surface area contributed by atoms with Crippen LogP contribution >= 0.6 is 11.3 Å². The number of benzene rings is 1. The second-order valence-corrected chi connectivity index (χ2v) is 7.45. The van der Waals surface area contributed by atoms with Gasteiger partial charge in [0.05, 0.1) is 34.4 Å². The first-order valence-electron chi connectivity index (χ1n) is 7.17. The van der Waals surface area contributed by atoms with Gasteiger partial charge >= 0.3 is 5.97 Å². The summed E-state index contributed by atoms with van der Waals surface area (Å²) in [4.78, 5) is 27.5. The number of hydrogen-bond donors (Lipinski definition) is 2. The van der Waals surface area contributed by atoms with Gasteiger partial charge in [-0.1, -0.05) is 13.8 Å². The fourth-order valence-corrected chi connectivity index (χ4v) is 3.29. The van der Waals surface area contributed by atoms with Crippen molar-refractivity contribution in [1.82, 2.24) is 4.98 Å². The summed E-state index contributed by atoms with van der Waals surface area (Å²) in [5.74, 6) is -0.621. The van der Waals surface area contributed by atoms with Crippen LogP contribution in [0.1, 0.15) is 31.7 Å². The number of aryl methyl sites for hydroxylation is 1. The first-order valence-corrected chi connectivity index (χ1v) is 7.99. The molecule has 0 aliphatic heterocycles. The minimum absolute atomic E-state index is 0.0649. The zero-order valence-electron chi connectivity index (χ0n) is 13.6. The third-order valence-electron chi connectivity index (χ3n) is 3.36. The van der Waals surface area contributed by atoms with Gasteiger partial charge in [0, 0.05) is 12.5 Å². The third-order valence-corrected chi connectivity index (χ3v) is 4.29. The Kier molecular flexibility index (Phi) is 4.89. The monoisotopic (exact) mass is 336 g/mol. The Hall–Kier alpha value is -2.15. The van der Waals surface area contributed by atoms with Crippen molar-refractivity contribution in [3.05, 3.63) is 17.1 Å². The number of hydrogen-bond acceptors (Lipinski definition) is 5. The smallest absolute Gasteiger partial charge is 0.303 e. The summed E-state index contributed by atoms with van der Waals surface area (Å²) in [5.41, 5.74) is 0.780. The van der Waals surface area contributed by atoms with Gasteiger partial charge in [0.2, 0.25) is 5.91 Å². The molecule has 1 aromatic carbocycles. The van der Waals surface area contributed by atoms with Crippen molar-refractivity contribution in [2.24, 2.45) is 5.41 Å². The van der Waals surface area contributed by atoms with Crippen LogP contribution < -0.4 is 10.1 Å². The lowest BCUT2D eigenvalue weighted by molar-refractivity contribution is -0.139. The van der Waals surface area contributed by atoms with E-state index in [9.17, 15) is 9.59 Å². The SMILES string of the molecule is COc1cc2nc(C)sc2cc1NC(=O)CC(C)(C)CC(=O)O. The van der Waals surface area contributed by atoms with E-state index >= 15 is 0 Å². The Morgan fingerprint density at radius 2 is 2.04 bits per heavy atom. The summed E-state index contributed by atoms with van der Waals surface area (Å²) >= 11 is 1.54. The molecule has 0 spiro atoms. The van der Waals surface area contributed by atoms with Crippen LogP contribution in [0, 0.1) is 12.3 Å². The number of ether oxygens (including phenoxy) is 1. The van der Waals surface area contributed by atoms with Gasteiger partial charge in [0.1, 0.15) is 5.75 Å². The average molecular weight is 336 g/mol. The highest BCUT2D eigenvalue weighted by molar-refractivity contribution is 7.18. The number of anilines is 1. The second kappa shape index (κ2) is 6.54. The third kappa shape index (κ3) is 4.41. The Morgan fingerprint density at radius 3 is 2.65 bits per heavy atom. The van der Waals surface area contributed by atoms with Gasteiger partial charge in [0.15, 0.2) is 0 Å². The van der Waals surface area contributed by atoms with Crippen LogP contribution in [0.2, 0.25) is 0 Å². The summed E-state index contributed by atoms with van der Waals surface area (Å²) < 4.78 is 6.28. The lowest BCUT2D eigenvalue weighted by atomic mass is 9.85. The van der Waals surface area contributed by atoms with Crippen LogP contribution in [0.15, 0.2) is 12.1 Å². The number of carboxylic acids is 1. The average Bonchev–Trinajstić information content (AvgIpc) is 2.74. The van der Waals surface area contributed by atoms with E-state index < -0.39 is 11.4 Å². The van der Waals surface area contributed by atoms with Crippen molar-refractivity contribution in [2.45, 2.75) is 33.6 Å². The second-order valence-electron chi connectivity index (χ2n) is 6.21. The Morgan fingerprint density at radius 1 is 1.35 bits per heavy atom. The summed E-state index contributed by atoms with van der Waals surface area (Å²) in [5, 5.41) is 12.6. The Balaban J connectivity index is 2.19. The predicted molar refractivity (Wildman–Crippen MR) is 90.2 cm³/mol. The predicted octanol–water partition coefficient (Wildman–Crippen LogP) is 3.44. The lowest BCUT2D eigenvalue weighted by Gasteiger charge is -2.21. The molecule has 0 aliphatic carbocycles. The standard InChI is InChI=1S/C16H20N2O4S/c1-9-17-11-5-12(22-4)10(6-13(11)23-9)18-14(19)7-16(2,3)8-15(20)21/h5-6H,7-8H2,1-4H3,(H,18,19)(H,20,21). The number of thiazole rings is 1. The minimum atomic E-state index is -0.915. The molecule has 0 atom stereocenters. The Labute approximate surface area is 138 Å². The van der Waals surface area contributed by atoms with E-state index in [0.717, 1.165) is 15.2 Å². The molecule has 1 heterocycles. The molecule has 1 aromatic heterocycles.